The van der Waals surface area contributed by atoms with E-state index in [0.29, 0.717) is 12.0 Å². The first-order valence-electron chi connectivity index (χ1n) is 7.19. The van der Waals surface area contributed by atoms with Gasteiger partial charge >= 0.3 is 0 Å². The zero-order chi connectivity index (χ0) is 13.7. The second kappa shape index (κ2) is 7.61. The van der Waals surface area contributed by atoms with Gasteiger partial charge in [-0.25, -0.2) is 0 Å². The Morgan fingerprint density at radius 2 is 1.79 bits per heavy atom. The predicted octanol–water partition coefficient (Wildman–Crippen LogP) is 4.31. The lowest BCUT2D eigenvalue weighted by Gasteiger charge is -2.23. The van der Waals surface area contributed by atoms with Crippen LogP contribution in [0.25, 0.3) is 0 Å². The molecule has 2 rings (SSSR count). The summed E-state index contributed by atoms with van der Waals surface area (Å²) in [7, 11) is 0. The Hall–Kier alpha value is -0.120. The topological polar surface area (TPSA) is 12.0 Å². The van der Waals surface area contributed by atoms with Crippen LogP contribution in [0.3, 0.4) is 0 Å². The maximum Gasteiger partial charge on any atom is 0.0292 e. The van der Waals surface area contributed by atoms with E-state index in [2.05, 4.69) is 73.9 Å². The second-order valence-electron chi connectivity index (χ2n) is 5.52. The third-order valence-electron chi connectivity index (χ3n) is 3.64. The highest BCUT2D eigenvalue weighted by atomic mass is 32.2. The van der Waals surface area contributed by atoms with Crippen molar-refractivity contribution >= 4 is 23.5 Å². The summed E-state index contributed by atoms with van der Waals surface area (Å²) in [6, 6.07) is 9.53. The van der Waals surface area contributed by atoms with E-state index in [-0.39, 0.29) is 0 Å². The third kappa shape index (κ3) is 4.73. The van der Waals surface area contributed by atoms with E-state index in [9.17, 15) is 0 Å². The number of hydrogen-bond donors (Lipinski definition) is 1. The number of hydrogen-bond acceptors (Lipinski definition) is 3. The van der Waals surface area contributed by atoms with Crippen LogP contribution in [-0.2, 0) is 0 Å². The highest BCUT2D eigenvalue weighted by molar-refractivity contribution is 8.06. The van der Waals surface area contributed by atoms with Crippen molar-refractivity contribution in [2.45, 2.75) is 38.0 Å². The molecule has 1 aliphatic rings. The summed E-state index contributed by atoms with van der Waals surface area (Å²) in [6.07, 6.45) is 0. The molecule has 3 heteroatoms. The minimum Gasteiger partial charge on any atom is -0.309 e. The molecular weight excluding hydrogens is 270 g/mol. The zero-order valence-electron chi connectivity index (χ0n) is 12.2. The molecule has 1 nitrogen and oxygen atoms in total. The van der Waals surface area contributed by atoms with E-state index in [1.54, 1.807) is 0 Å². The Labute approximate surface area is 126 Å². The summed E-state index contributed by atoms with van der Waals surface area (Å²) in [5, 5.41) is 4.47. The van der Waals surface area contributed by atoms with E-state index < -0.39 is 0 Å². The van der Waals surface area contributed by atoms with E-state index in [1.807, 2.05) is 0 Å². The van der Waals surface area contributed by atoms with Gasteiger partial charge in [-0.1, -0.05) is 38.1 Å². The molecule has 0 aliphatic carbocycles. The smallest absolute Gasteiger partial charge is 0.0292 e. The first-order chi connectivity index (χ1) is 9.16. The fourth-order valence-electron chi connectivity index (χ4n) is 2.25. The van der Waals surface area contributed by atoms with Gasteiger partial charge in [0.1, 0.15) is 0 Å². The monoisotopic (exact) mass is 295 g/mol. The van der Waals surface area contributed by atoms with Gasteiger partial charge in [0.05, 0.1) is 0 Å². The van der Waals surface area contributed by atoms with Crippen molar-refractivity contribution < 1.29 is 0 Å². The third-order valence-corrected chi connectivity index (χ3v) is 6.48. The number of thioether (sulfide) groups is 2. The van der Waals surface area contributed by atoms with Gasteiger partial charge in [0.15, 0.2) is 0 Å². The van der Waals surface area contributed by atoms with Crippen LogP contribution in [0.5, 0.6) is 0 Å². The lowest BCUT2D eigenvalue weighted by atomic mass is 9.99. The average Bonchev–Trinajstić information content (AvgIpc) is 2.46. The average molecular weight is 296 g/mol. The SMILES string of the molecule is CC(C)c1ccc(C(C)NCC2CSCCS2)cc1. The minimum atomic E-state index is 0.453. The van der Waals surface area contributed by atoms with E-state index in [1.165, 1.54) is 28.4 Å². The van der Waals surface area contributed by atoms with Crippen LogP contribution in [-0.4, -0.2) is 29.1 Å². The number of nitrogens with one attached hydrogen (secondary N) is 1. The number of benzene rings is 1. The standard InChI is InChI=1S/C16H25NS2/c1-12(2)14-4-6-15(7-5-14)13(3)17-10-16-11-18-8-9-19-16/h4-7,12-13,16-17H,8-11H2,1-3H3. The molecule has 0 radical (unpaired) electrons. The molecule has 0 saturated carbocycles. The minimum absolute atomic E-state index is 0.453. The highest BCUT2D eigenvalue weighted by Gasteiger charge is 2.15. The Morgan fingerprint density at radius 3 is 2.37 bits per heavy atom. The summed E-state index contributed by atoms with van der Waals surface area (Å²) in [6.45, 7) is 7.89. The molecule has 106 valence electrons. The quantitative estimate of drug-likeness (QED) is 0.869. The largest absolute Gasteiger partial charge is 0.309 e. The van der Waals surface area contributed by atoms with Crippen molar-refractivity contribution in [1.82, 2.24) is 5.32 Å². The van der Waals surface area contributed by atoms with Crippen molar-refractivity contribution in [3.05, 3.63) is 35.4 Å². The summed E-state index contributed by atoms with van der Waals surface area (Å²) in [5.41, 5.74) is 2.83. The van der Waals surface area contributed by atoms with Gasteiger partial charge in [-0.2, -0.15) is 23.5 Å². The Bertz CT molecular complexity index is 369. The van der Waals surface area contributed by atoms with Crippen molar-refractivity contribution in [3.63, 3.8) is 0 Å². The molecule has 0 aromatic heterocycles. The maximum atomic E-state index is 3.68. The molecule has 2 unspecified atom stereocenters. The highest BCUT2D eigenvalue weighted by Crippen LogP contribution is 2.24. The molecule has 1 N–H and O–H groups in total. The van der Waals surface area contributed by atoms with Crippen LogP contribution in [0.4, 0.5) is 0 Å². The van der Waals surface area contributed by atoms with Crippen molar-refractivity contribution in [1.29, 1.82) is 0 Å². The van der Waals surface area contributed by atoms with Crippen LogP contribution < -0.4 is 5.32 Å². The lowest BCUT2D eigenvalue weighted by molar-refractivity contribution is 0.577. The van der Waals surface area contributed by atoms with Crippen LogP contribution in [0.15, 0.2) is 24.3 Å². The first-order valence-corrected chi connectivity index (χ1v) is 9.39. The lowest BCUT2D eigenvalue weighted by Crippen LogP contribution is -2.30. The normalized spacial score (nSPS) is 21.6. The molecule has 1 fully saturated rings. The van der Waals surface area contributed by atoms with Gasteiger partial charge in [0.25, 0.3) is 0 Å². The van der Waals surface area contributed by atoms with Gasteiger partial charge in [0, 0.05) is 35.1 Å². The maximum absolute atomic E-state index is 3.68. The van der Waals surface area contributed by atoms with Crippen LogP contribution >= 0.6 is 23.5 Å². The molecule has 2 atom stereocenters. The van der Waals surface area contributed by atoms with E-state index in [0.717, 1.165) is 11.8 Å². The molecule has 1 aromatic carbocycles. The van der Waals surface area contributed by atoms with Crippen molar-refractivity contribution in [3.8, 4) is 0 Å². The molecule has 0 spiro atoms. The molecule has 1 aliphatic heterocycles. The fourth-order valence-corrected chi connectivity index (χ4v) is 4.87. The molecule has 19 heavy (non-hydrogen) atoms. The van der Waals surface area contributed by atoms with E-state index >= 15 is 0 Å². The van der Waals surface area contributed by atoms with Crippen molar-refractivity contribution in [2.24, 2.45) is 0 Å². The second-order valence-corrected chi connectivity index (χ2v) is 8.08. The molecule has 0 bridgehead atoms. The molecule has 1 saturated heterocycles. The van der Waals surface area contributed by atoms with Crippen LogP contribution in [0, 0.1) is 0 Å². The first kappa shape index (κ1) is 15.3. The molecule has 0 amide bonds. The van der Waals surface area contributed by atoms with Crippen LogP contribution in [0.1, 0.15) is 43.9 Å². The molecule has 1 heterocycles. The summed E-state index contributed by atoms with van der Waals surface area (Å²) in [5.74, 6) is 4.56. The summed E-state index contributed by atoms with van der Waals surface area (Å²) < 4.78 is 0. The van der Waals surface area contributed by atoms with Gasteiger partial charge in [-0.3, -0.25) is 0 Å². The molecular formula is C16H25NS2. The zero-order valence-corrected chi connectivity index (χ0v) is 13.8. The van der Waals surface area contributed by atoms with Crippen LogP contribution in [0.2, 0.25) is 0 Å². The molecule has 1 aromatic rings. The summed E-state index contributed by atoms with van der Waals surface area (Å²) >= 11 is 4.22. The van der Waals surface area contributed by atoms with Gasteiger partial charge in [-0.15, -0.1) is 0 Å². The number of rotatable bonds is 5. The summed E-state index contributed by atoms with van der Waals surface area (Å²) in [4.78, 5) is 0. The Kier molecular flexibility index (Phi) is 6.11. The van der Waals surface area contributed by atoms with Crippen molar-refractivity contribution in [2.75, 3.05) is 23.8 Å². The van der Waals surface area contributed by atoms with Gasteiger partial charge in [0.2, 0.25) is 0 Å². The van der Waals surface area contributed by atoms with Gasteiger partial charge < -0.3 is 5.32 Å². The predicted molar refractivity (Wildman–Crippen MR) is 90.5 cm³/mol. The van der Waals surface area contributed by atoms with E-state index in [4.69, 9.17) is 0 Å². The Balaban J connectivity index is 1.83. The fraction of sp³-hybridized carbons (Fsp3) is 0.625. The van der Waals surface area contributed by atoms with Gasteiger partial charge in [-0.05, 0) is 24.0 Å². The Morgan fingerprint density at radius 1 is 1.11 bits per heavy atom.